The summed E-state index contributed by atoms with van der Waals surface area (Å²) in [6.07, 6.45) is 0.469. The van der Waals surface area contributed by atoms with Crippen molar-refractivity contribution >= 4 is 34.0 Å². The van der Waals surface area contributed by atoms with E-state index in [2.05, 4.69) is 11.1 Å². The molecule has 0 fully saturated rings. The molecule has 0 saturated carbocycles. The maximum atomic E-state index is 13.2. The molecular formula is C31H26N2O6S. The monoisotopic (exact) mass is 554 g/mol. The van der Waals surface area contributed by atoms with Crippen LogP contribution >= 0.6 is 11.3 Å². The first-order chi connectivity index (χ1) is 19.2. The third kappa shape index (κ3) is 6.22. The van der Waals surface area contributed by atoms with Gasteiger partial charge >= 0.3 is 10.8 Å². The number of fused-ring (bicyclic) bond motifs is 1. The van der Waals surface area contributed by atoms with Crippen LogP contribution < -0.4 is 9.61 Å². The van der Waals surface area contributed by atoms with Crippen LogP contribution in [-0.4, -0.2) is 45.6 Å². The molecule has 0 aliphatic rings. The number of carbonyl (C=O) groups excluding carboxylic acids is 1. The van der Waals surface area contributed by atoms with Crippen LogP contribution in [-0.2, 0) is 17.8 Å². The van der Waals surface area contributed by atoms with E-state index in [1.165, 1.54) is 0 Å². The Balaban J connectivity index is 1.26. The average Bonchev–Trinajstić information content (AvgIpc) is 3.27. The minimum Gasteiger partial charge on any atom is -0.494 e. The summed E-state index contributed by atoms with van der Waals surface area (Å²) in [5.74, 6) is -0.776. The first-order valence-electron chi connectivity index (χ1n) is 12.5. The van der Waals surface area contributed by atoms with Crippen LogP contribution in [0.1, 0.15) is 26.4 Å². The number of aromatic amines is 1. The zero-order valence-corrected chi connectivity index (χ0v) is 22.4. The van der Waals surface area contributed by atoms with Crippen LogP contribution in [0.4, 0.5) is 0 Å². The number of carbonyl (C=O) groups is 2. The third-order valence-corrected chi connectivity index (χ3v) is 7.34. The second-order valence-corrected chi connectivity index (χ2v) is 10.5. The molecule has 1 amide bonds. The highest BCUT2D eigenvalue weighted by molar-refractivity contribution is 7.09. The van der Waals surface area contributed by atoms with Gasteiger partial charge in [-0.25, -0.2) is 4.79 Å². The number of amides is 1. The van der Waals surface area contributed by atoms with Gasteiger partial charge in [0.1, 0.15) is 5.75 Å². The summed E-state index contributed by atoms with van der Waals surface area (Å²) in [5.41, 5.74) is 4.56. The molecule has 40 heavy (non-hydrogen) atoms. The Morgan fingerprint density at radius 2 is 1.65 bits per heavy atom. The van der Waals surface area contributed by atoms with Gasteiger partial charge in [-0.15, -0.1) is 0 Å². The van der Waals surface area contributed by atoms with Crippen molar-refractivity contribution in [1.29, 1.82) is 0 Å². The van der Waals surface area contributed by atoms with E-state index in [9.17, 15) is 19.5 Å². The van der Waals surface area contributed by atoms with E-state index < -0.39 is 12.6 Å². The van der Waals surface area contributed by atoms with E-state index >= 15 is 0 Å². The molecule has 0 bridgehead atoms. The molecule has 0 saturated heterocycles. The fourth-order valence-electron chi connectivity index (χ4n) is 4.48. The van der Waals surface area contributed by atoms with Crippen molar-refractivity contribution in [2.45, 2.75) is 13.0 Å². The lowest BCUT2D eigenvalue weighted by Crippen LogP contribution is -2.26. The molecule has 1 aromatic heterocycles. The summed E-state index contributed by atoms with van der Waals surface area (Å²) in [4.78, 5) is 39.8. The summed E-state index contributed by atoms with van der Waals surface area (Å²) in [6, 6.07) is 26.6. The molecule has 4 aromatic carbocycles. The molecule has 9 heteroatoms. The standard InChI is InChI=1S/C31H26N2O6S/c1-33(30(37)25-10-9-24-16-26(39-18-28(34)35)12-11-23(24)15-25)17-20-3-2-4-22(13-20)21-7-5-19(6-8-21)14-27-29(36)32-31(38)40-27/h2-13,15-16,36H,14,17-18H2,1H3,(H,32,38)(H,34,35). The summed E-state index contributed by atoms with van der Waals surface area (Å²) in [7, 11) is 1.77. The molecule has 0 atom stereocenters. The Bertz CT molecular complexity index is 1760. The number of carboxylic acids is 1. The number of rotatable bonds is 9. The summed E-state index contributed by atoms with van der Waals surface area (Å²) >= 11 is 1.01. The highest BCUT2D eigenvalue weighted by Crippen LogP contribution is 2.26. The van der Waals surface area contributed by atoms with Crippen molar-refractivity contribution in [1.82, 2.24) is 9.88 Å². The zero-order valence-electron chi connectivity index (χ0n) is 21.6. The lowest BCUT2D eigenvalue weighted by Gasteiger charge is -2.18. The first kappa shape index (κ1) is 26.7. The Labute approximate surface area is 233 Å². The SMILES string of the molecule is CN(Cc1cccc(-c2ccc(Cc3sc(=O)[nH]c3O)cc2)c1)C(=O)c1ccc2cc(OCC(=O)O)ccc2c1. The topological polar surface area (TPSA) is 120 Å². The second-order valence-electron chi connectivity index (χ2n) is 9.43. The molecule has 0 radical (unpaired) electrons. The van der Waals surface area contributed by atoms with E-state index in [1.54, 1.807) is 36.2 Å². The number of hydrogen-bond donors (Lipinski definition) is 3. The maximum Gasteiger partial charge on any atom is 0.341 e. The number of benzene rings is 4. The van der Waals surface area contributed by atoms with Gasteiger partial charge in [-0.1, -0.05) is 65.9 Å². The molecule has 0 spiro atoms. The number of ether oxygens (including phenoxy) is 1. The lowest BCUT2D eigenvalue weighted by atomic mass is 10.0. The van der Waals surface area contributed by atoms with Crippen LogP contribution in [0.3, 0.4) is 0 Å². The van der Waals surface area contributed by atoms with Crippen molar-refractivity contribution in [3.63, 3.8) is 0 Å². The normalized spacial score (nSPS) is 10.9. The van der Waals surface area contributed by atoms with Crippen molar-refractivity contribution in [3.8, 4) is 22.8 Å². The first-order valence-corrected chi connectivity index (χ1v) is 13.3. The van der Waals surface area contributed by atoms with Gasteiger partial charge < -0.3 is 19.8 Å². The van der Waals surface area contributed by atoms with E-state index in [0.717, 1.165) is 44.4 Å². The molecule has 5 rings (SSSR count). The number of H-pyrrole nitrogens is 1. The number of hydrogen-bond acceptors (Lipinski definition) is 6. The van der Waals surface area contributed by atoms with Gasteiger partial charge in [-0.05, 0) is 63.4 Å². The second kappa shape index (κ2) is 11.5. The lowest BCUT2D eigenvalue weighted by molar-refractivity contribution is -0.139. The maximum absolute atomic E-state index is 13.2. The summed E-state index contributed by atoms with van der Waals surface area (Å²) in [6.45, 7) is 0.0139. The largest absolute Gasteiger partial charge is 0.494 e. The van der Waals surface area contributed by atoms with E-state index in [-0.39, 0.29) is 16.7 Å². The molecule has 0 aliphatic heterocycles. The van der Waals surface area contributed by atoms with Gasteiger partial charge in [-0.3, -0.25) is 14.6 Å². The minimum atomic E-state index is -1.04. The van der Waals surface area contributed by atoms with Crippen LogP contribution in [0.25, 0.3) is 21.9 Å². The number of aliphatic carboxylic acids is 1. The Kier molecular flexibility index (Phi) is 7.65. The highest BCUT2D eigenvalue weighted by atomic mass is 32.1. The number of thiazole rings is 1. The Hall–Kier alpha value is -4.89. The van der Waals surface area contributed by atoms with Gasteiger partial charge in [0.05, 0.1) is 4.88 Å². The van der Waals surface area contributed by atoms with Crippen LogP contribution in [0.5, 0.6) is 11.6 Å². The average molecular weight is 555 g/mol. The highest BCUT2D eigenvalue weighted by Gasteiger charge is 2.14. The van der Waals surface area contributed by atoms with Crippen LogP contribution in [0.15, 0.2) is 89.7 Å². The predicted octanol–water partition coefficient (Wildman–Crippen LogP) is 5.29. The molecule has 202 valence electrons. The van der Waals surface area contributed by atoms with E-state index in [0.29, 0.717) is 29.2 Å². The quantitative estimate of drug-likeness (QED) is 0.228. The zero-order chi connectivity index (χ0) is 28.2. The Morgan fingerprint density at radius 3 is 2.38 bits per heavy atom. The van der Waals surface area contributed by atoms with E-state index in [1.807, 2.05) is 54.6 Å². The molecule has 1 heterocycles. The number of aromatic nitrogens is 1. The summed E-state index contributed by atoms with van der Waals surface area (Å²) in [5, 5.41) is 20.3. The molecular weight excluding hydrogens is 528 g/mol. The Morgan fingerprint density at radius 1 is 0.900 bits per heavy atom. The molecule has 5 aromatic rings. The van der Waals surface area contributed by atoms with Crippen LogP contribution in [0.2, 0.25) is 0 Å². The van der Waals surface area contributed by atoms with Crippen molar-refractivity contribution in [2.24, 2.45) is 0 Å². The van der Waals surface area contributed by atoms with Gasteiger partial charge in [0.2, 0.25) is 5.88 Å². The number of carboxylic acid groups (broad SMARTS) is 1. The van der Waals surface area contributed by atoms with Gasteiger partial charge in [0, 0.05) is 25.6 Å². The number of nitrogens with one attached hydrogen (secondary N) is 1. The third-order valence-electron chi connectivity index (χ3n) is 6.47. The fraction of sp³-hybridized carbons (Fsp3) is 0.129. The smallest absolute Gasteiger partial charge is 0.341 e. The van der Waals surface area contributed by atoms with Crippen LogP contribution in [0, 0.1) is 0 Å². The van der Waals surface area contributed by atoms with Gasteiger partial charge in [0.15, 0.2) is 6.61 Å². The number of nitrogens with zero attached hydrogens (tertiary/aromatic N) is 1. The fourth-order valence-corrected chi connectivity index (χ4v) is 5.24. The summed E-state index contributed by atoms with van der Waals surface area (Å²) < 4.78 is 5.24. The van der Waals surface area contributed by atoms with Crippen molar-refractivity contribution in [2.75, 3.05) is 13.7 Å². The predicted molar refractivity (Wildman–Crippen MR) is 154 cm³/mol. The number of aromatic hydroxyl groups is 1. The molecule has 8 nitrogen and oxygen atoms in total. The molecule has 3 N–H and O–H groups in total. The van der Waals surface area contributed by atoms with Gasteiger partial charge in [-0.2, -0.15) is 0 Å². The van der Waals surface area contributed by atoms with Gasteiger partial charge in [0.25, 0.3) is 5.91 Å². The van der Waals surface area contributed by atoms with Crippen molar-refractivity contribution in [3.05, 3.63) is 116 Å². The molecule has 0 aliphatic carbocycles. The minimum absolute atomic E-state index is 0.0779. The van der Waals surface area contributed by atoms with Crippen molar-refractivity contribution < 1.29 is 24.5 Å². The molecule has 0 unspecified atom stereocenters. The van der Waals surface area contributed by atoms with E-state index in [4.69, 9.17) is 9.84 Å².